The van der Waals surface area contributed by atoms with E-state index < -0.39 is 11.9 Å². The molecule has 1 spiro atoms. The Labute approximate surface area is 166 Å². The van der Waals surface area contributed by atoms with Gasteiger partial charge in [0.15, 0.2) is 11.7 Å². The highest BCUT2D eigenvalue weighted by Gasteiger charge is 2.42. The van der Waals surface area contributed by atoms with Crippen LogP contribution >= 0.6 is 35.3 Å². The summed E-state index contributed by atoms with van der Waals surface area (Å²) in [5.74, 6) is 0.741. The number of rotatable bonds is 3. The van der Waals surface area contributed by atoms with E-state index in [9.17, 15) is 13.2 Å². The van der Waals surface area contributed by atoms with E-state index in [-0.39, 0.29) is 35.9 Å². The minimum Gasteiger partial charge on any atom is -0.381 e. The molecule has 0 saturated carbocycles. The monoisotopic (exact) mass is 490 g/mol. The van der Waals surface area contributed by atoms with Gasteiger partial charge in [-0.3, -0.25) is 0 Å². The Morgan fingerprint density at radius 3 is 2.88 bits per heavy atom. The number of nitrogens with zero attached hydrogens (tertiary/aromatic N) is 3. The molecule has 2 saturated heterocycles. The van der Waals surface area contributed by atoms with Crippen LogP contribution in [0.3, 0.4) is 0 Å². The van der Waals surface area contributed by atoms with Crippen LogP contribution in [-0.4, -0.2) is 48.7 Å². The smallest absolute Gasteiger partial charge is 0.381 e. The van der Waals surface area contributed by atoms with Crippen LogP contribution in [0.15, 0.2) is 10.4 Å². The summed E-state index contributed by atoms with van der Waals surface area (Å²) < 4.78 is 43.4. The zero-order valence-corrected chi connectivity index (χ0v) is 17.1. The van der Waals surface area contributed by atoms with Gasteiger partial charge in [-0.2, -0.15) is 13.2 Å². The van der Waals surface area contributed by atoms with Gasteiger partial charge in [0.2, 0.25) is 0 Å². The molecule has 0 radical (unpaired) electrons. The summed E-state index contributed by atoms with van der Waals surface area (Å²) in [6.45, 7) is 6.20. The van der Waals surface area contributed by atoms with Gasteiger partial charge < -0.3 is 15.0 Å². The highest BCUT2D eigenvalue weighted by Crippen LogP contribution is 2.38. The zero-order chi connectivity index (χ0) is 17.2. The number of hydrogen-bond acceptors (Lipinski definition) is 4. The molecule has 1 aromatic rings. The fourth-order valence-corrected chi connectivity index (χ4v) is 3.89. The van der Waals surface area contributed by atoms with Crippen molar-refractivity contribution >= 4 is 41.3 Å². The molecular weight excluding hydrogens is 468 g/mol. The molecule has 1 atom stereocenters. The van der Waals surface area contributed by atoms with Crippen LogP contribution in [0.25, 0.3) is 0 Å². The largest absolute Gasteiger partial charge is 0.434 e. The van der Waals surface area contributed by atoms with Crippen molar-refractivity contribution in [3.8, 4) is 0 Å². The maximum absolute atomic E-state index is 12.6. The second-order valence-corrected chi connectivity index (χ2v) is 7.21. The lowest BCUT2D eigenvalue weighted by Crippen LogP contribution is -2.41. The van der Waals surface area contributed by atoms with Crippen molar-refractivity contribution in [1.29, 1.82) is 0 Å². The number of aromatic nitrogens is 1. The van der Waals surface area contributed by atoms with Crippen LogP contribution in [0.5, 0.6) is 0 Å². The molecule has 2 fully saturated rings. The maximum Gasteiger partial charge on any atom is 0.434 e. The standard InChI is InChI=1S/C15H21F3N4OS.HI/c1-2-19-13(22-5-3-14(9-22)4-6-23-10-14)20-7-12-21-11(8-24-12)15(16,17)18;/h8H,2-7,9-10H2,1H3,(H,19,20);1H. The average molecular weight is 490 g/mol. The van der Waals surface area contributed by atoms with Gasteiger partial charge in [0.1, 0.15) is 5.01 Å². The molecule has 2 aliphatic heterocycles. The van der Waals surface area contributed by atoms with Crippen molar-refractivity contribution in [3.63, 3.8) is 0 Å². The minimum atomic E-state index is -4.40. The summed E-state index contributed by atoms with van der Waals surface area (Å²) in [6, 6.07) is 0. The second kappa shape index (κ2) is 8.38. The number of nitrogens with one attached hydrogen (secondary N) is 1. The molecular formula is C15H22F3IN4OS. The van der Waals surface area contributed by atoms with Gasteiger partial charge in [-0.1, -0.05) is 0 Å². The molecule has 2 aliphatic rings. The highest BCUT2D eigenvalue weighted by molar-refractivity contribution is 14.0. The average Bonchev–Trinajstić information content (AvgIpc) is 3.25. The number of halogens is 4. The van der Waals surface area contributed by atoms with E-state index in [2.05, 4.69) is 20.2 Å². The topological polar surface area (TPSA) is 49.8 Å². The quantitative estimate of drug-likeness (QED) is 0.401. The number of aliphatic imine (C=N–C) groups is 1. The van der Waals surface area contributed by atoms with Gasteiger partial charge >= 0.3 is 6.18 Å². The van der Waals surface area contributed by atoms with E-state index in [0.717, 1.165) is 61.8 Å². The van der Waals surface area contributed by atoms with Gasteiger partial charge in [0.05, 0.1) is 13.2 Å². The van der Waals surface area contributed by atoms with E-state index in [1.165, 1.54) is 0 Å². The predicted octanol–water partition coefficient (Wildman–Crippen LogP) is 3.36. The molecule has 1 N–H and O–H groups in total. The molecule has 1 unspecified atom stereocenters. The lowest BCUT2D eigenvalue weighted by Gasteiger charge is -2.24. The van der Waals surface area contributed by atoms with Gasteiger partial charge in [0, 0.05) is 37.0 Å². The first-order valence-electron chi connectivity index (χ1n) is 8.04. The second-order valence-electron chi connectivity index (χ2n) is 6.27. The molecule has 5 nitrogen and oxygen atoms in total. The van der Waals surface area contributed by atoms with E-state index >= 15 is 0 Å². The predicted molar refractivity (Wildman–Crippen MR) is 101 cm³/mol. The summed E-state index contributed by atoms with van der Waals surface area (Å²) in [7, 11) is 0. The summed E-state index contributed by atoms with van der Waals surface area (Å²) in [5, 5.41) is 4.64. The van der Waals surface area contributed by atoms with Crippen molar-refractivity contribution in [3.05, 3.63) is 16.1 Å². The molecule has 1 aromatic heterocycles. The lowest BCUT2D eigenvalue weighted by atomic mass is 9.87. The molecule has 3 rings (SSSR count). The molecule has 0 amide bonds. The van der Waals surface area contributed by atoms with Gasteiger partial charge in [-0.05, 0) is 19.8 Å². The first kappa shape index (κ1) is 20.7. The molecule has 10 heteroatoms. The van der Waals surface area contributed by atoms with Crippen LogP contribution in [-0.2, 0) is 17.5 Å². The first-order valence-corrected chi connectivity index (χ1v) is 8.92. The summed E-state index contributed by atoms with van der Waals surface area (Å²) in [5.41, 5.74) is -0.633. The minimum absolute atomic E-state index is 0. The summed E-state index contributed by atoms with van der Waals surface area (Å²) in [6.07, 6.45) is -2.27. The zero-order valence-electron chi connectivity index (χ0n) is 13.9. The first-order chi connectivity index (χ1) is 11.4. The SMILES string of the molecule is CCNC(=NCc1nc(C(F)(F)F)cs1)N1CCC2(CCOC2)C1.I. The van der Waals surface area contributed by atoms with E-state index in [0.29, 0.717) is 11.6 Å². The summed E-state index contributed by atoms with van der Waals surface area (Å²) >= 11 is 0.993. The van der Waals surface area contributed by atoms with Gasteiger partial charge in [-0.15, -0.1) is 35.3 Å². The molecule has 0 bridgehead atoms. The third-order valence-electron chi connectivity index (χ3n) is 4.46. The third kappa shape index (κ3) is 4.97. The fraction of sp³-hybridized carbons (Fsp3) is 0.733. The van der Waals surface area contributed by atoms with Crippen molar-refractivity contribution < 1.29 is 17.9 Å². The molecule has 25 heavy (non-hydrogen) atoms. The van der Waals surface area contributed by atoms with Crippen LogP contribution in [0.1, 0.15) is 30.5 Å². The highest BCUT2D eigenvalue weighted by atomic mass is 127. The maximum atomic E-state index is 12.6. The Morgan fingerprint density at radius 1 is 1.48 bits per heavy atom. The van der Waals surface area contributed by atoms with Crippen molar-refractivity contribution in [2.45, 2.75) is 32.5 Å². The van der Waals surface area contributed by atoms with Gasteiger partial charge in [0.25, 0.3) is 0 Å². The molecule has 142 valence electrons. The van der Waals surface area contributed by atoms with Gasteiger partial charge in [-0.25, -0.2) is 9.98 Å². The number of likely N-dealkylation sites (tertiary alicyclic amines) is 1. The number of ether oxygens (including phenoxy) is 1. The Morgan fingerprint density at radius 2 is 2.28 bits per heavy atom. The van der Waals surface area contributed by atoms with Crippen molar-refractivity contribution in [1.82, 2.24) is 15.2 Å². The van der Waals surface area contributed by atoms with Crippen LogP contribution in [0.2, 0.25) is 0 Å². The van der Waals surface area contributed by atoms with Crippen molar-refractivity contribution in [2.24, 2.45) is 10.4 Å². The molecule has 0 aromatic carbocycles. The third-order valence-corrected chi connectivity index (χ3v) is 5.30. The van der Waals surface area contributed by atoms with Crippen LogP contribution < -0.4 is 5.32 Å². The normalized spacial score (nSPS) is 24.0. The number of guanidine groups is 1. The van der Waals surface area contributed by atoms with Crippen molar-refractivity contribution in [2.75, 3.05) is 32.8 Å². The molecule has 3 heterocycles. The Balaban J connectivity index is 0.00000225. The number of hydrogen-bond donors (Lipinski definition) is 1. The Bertz CT molecular complexity index is 602. The van der Waals surface area contributed by atoms with E-state index in [1.54, 1.807) is 0 Å². The van der Waals surface area contributed by atoms with Crippen LogP contribution in [0, 0.1) is 5.41 Å². The molecule has 0 aliphatic carbocycles. The number of thiazole rings is 1. The van der Waals surface area contributed by atoms with E-state index in [4.69, 9.17) is 4.74 Å². The lowest BCUT2D eigenvalue weighted by molar-refractivity contribution is -0.140. The van der Waals surface area contributed by atoms with E-state index in [1.807, 2.05) is 6.92 Å². The Kier molecular flexibility index (Phi) is 6.94. The van der Waals surface area contributed by atoms with Crippen LogP contribution in [0.4, 0.5) is 13.2 Å². The summed E-state index contributed by atoms with van der Waals surface area (Å²) in [4.78, 5) is 10.3. The fourth-order valence-electron chi connectivity index (χ4n) is 3.17. The Hall–Kier alpha value is -0.620. The number of alkyl halides is 3.